The average molecular weight is 277 g/mol. The van der Waals surface area contributed by atoms with Crippen molar-refractivity contribution in [3.8, 4) is 0 Å². The summed E-state index contributed by atoms with van der Waals surface area (Å²) >= 11 is 0. The van der Waals surface area contributed by atoms with E-state index in [0.29, 0.717) is 19.5 Å². The Balaban J connectivity index is 1.75. The molecule has 2 heterocycles. The van der Waals surface area contributed by atoms with Crippen LogP contribution in [0.15, 0.2) is 18.6 Å². The summed E-state index contributed by atoms with van der Waals surface area (Å²) in [6.07, 6.45) is 5.59. The Morgan fingerprint density at radius 3 is 3.10 bits per heavy atom. The number of nitrogens with zero attached hydrogens (tertiary/aromatic N) is 3. The van der Waals surface area contributed by atoms with Crippen LogP contribution in [0.2, 0.25) is 0 Å². The first-order valence-electron chi connectivity index (χ1n) is 6.67. The molecule has 1 aromatic rings. The van der Waals surface area contributed by atoms with Crippen molar-refractivity contribution in [2.24, 2.45) is 0 Å². The van der Waals surface area contributed by atoms with Gasteiger partial charge in [-0.25, -0.2) is 0 Å². The van der Waals surface area contributed by atoms with Crippen molar-refractivity contribution in [2.75, 3.05) is 26.2 Å². The molecule has 0 bridgehead atoms. The largest absolute Gasteiger partial charge is 0.354 e. The van der Waals surface area contributed by atoms with Gasteiger partial charge in [0.1, 0.15) is 0 Å². The van der Waals surface area contributed by atoms with E-state index in [4.69, 9.17) is 0 Å². The molecule has 0 aromatic carbocycles. The molecule has 0 spiro atoms. The van der Waals surface area contributed by atoms with Crippen LogP contribution in [0.5, 0.6) is 0 Å². The standard InChI is InChI=1S/C13H19N5O2/c1-10(6-11-7-14-2-3-15-11)17-13(20)9-18-5-4-16-12(19)8-18/h2-3,7,10H,4-6,8-9H2,1H3,(H,16,19)(H,17,20)/t10-/m1/s1. The lowest BCUT2D eigenvalue weighted by Gasteiger charge is -2.26. The van der Waals surface area contributed by atoms with E-state index in [2.05, 4.69) is 20.6 Å². The van der Waals surface area contributed by atoms with Gasteiger partial charge in [-0.05, 0) is 6.92 Å². The first-order chi connectivity index (χ1) is 9.63. The molecule has 7 nitrogen and oxygen atoms in total. The highest BCUT2D eigenvalue weighted by atomic mass is 16.2. The Labute approximate surface area is 117 Å². The summed E-state index contributed by atoms with van der Waals surface area (Å²) in [5, 5.41) is 5.64. The second-order valence-electron chi connectivity index (χ2n) is 4.93. The monoisotopic (exact) mass is 277 g/mol. The van der Waals surface area contributed by atoms with Crippen LogP contribution < -0.4 is 10.6 Å². The number of hydrogen-bond acceptors (Lipinski definition) is 5. The van der Waals surface area contributed by atoms with E-state index >= 15 is 0 Å². The Hall–Kier alpha value is -2.02. The molecule has 0 radical (unpaired) electrons. The lowest BCUT2D eigenvalue weighted by molar-refractivity contribution is -0.127. The van der Waals surface area contributed by atoms with Gasteiger partial charge in [-0.2, -0.15) is 0 Å². The van der Waals surface area contributed by atoms with Crippen molar-refractivity contribution >= 4 is 11.8 Å². The fourth-order valence-electron chi connectivity index (χ4n) is 2.15. The normalized spacial score (nSPS) is 17.4. The van der Waals surface area contributed by atoms with Gasteiger partial charge in [0.15, 0.2) is 0 Å². The number of carbonyl (C=O) groups excluding carboxylic acids is 2. The summed E-state index contributed by atoms with van der Waals surface area (Å²) in [5.41, 5.74) is 0.845. The van der Waals surface area contributed by atoms with Crippen LogP contribution in [0, 0.1) is 0 Å². The third-order valence-corrected chi connectivity index (χ3v) is 3.02. The van der Waals surface area contributed by atoms with Crippen LogP contribution in [0.1, 0.15) is 12.6 Å². The van der Waals surface area contributed by atoms with E-state index in [1.54, 1.807) is 18.6 Å². The quantitative estimate of drug-likeness (QED) is 0.717. The number of hydrogen-bond donors (Lipinski definition) is 2. The molecule has 1 saturated heterocycles. The van der Waals surface area contributed by atoms with Gasteiger partial charge in [-0.15, -0.1) is 0 Å². The molecule has 0 unspecified atom stereocenters. The average Bonchev–Trinajstić information content (AvgIpc) is 2.39. The van der Waals surface area contributed by atoms with Gasteiger partial charge in [-0.3, -0.25) is 24.5 Å². The molecule has 0 saturated carbocycles. The summed E-state index contributed by atoms with van der Waals surface area (Å²) in [7, 11) is 0. The van der Waals surface area contributed by atoms with E-state index in [-0.39, 0.29) is 30.9 Å². The lowest BCUT2D eigenvalue weighted by atomic mass is 10.2. The predicted octanol–water partition coefficient (Wildman–Crippen LogP) is -1.04. The van der Waals surface area contributed by atoms with E-state index < -0.39 is 0 Å². The van der Waals surface area contributed by atoms with Crippen molar-refractivity contribution in [2.45, 2.75) is 19.4 Å². The van der Waals surface area contributed by atoms with Crippen LogP contribution in [0.3, 0.4) is 0 Å². The molecule has 7 heteroatoms. The molecule has 1 aromatic heterocycles. The van der Waals surface area contributed by atoms with E-state index in [0.717, 1.165) is 5.69 Å². The fraction of sp³-hybridized carbons (Fsp3) is 0.538. The Bertz CT molecular complexity index is 465. The van der Waals surface area contributed by atoms with Crippen LogP contribution in [-0.4, -0.2) is 58.9 Å². The molecular formula is C13H19N5O2. The summed E-state index contributed by atoms with van der Waals surface area (Å²) < 4.78 is 0. The van der Waals surface area contributed by atoms with Crippen LogP contribution in [0.25, 0.3) is 0 Å². The molecule has 108 valence electrons. The highest BCUT2D eigenvalue weighted by Gasteiger charge is 2.19. The van der Waals surface area contributed by atoms with Crippen LogP contribution in [0.4, 0.5) is 0 Å². The molecular weight excluding hydrogens is 258 g/mol. The van der Waals surface area contributed by atoms with Crippen molar-refractivity contribution in [1.29, 1.82) is 0 Å². The fourth-order valence-corrected chi connectivity index (χ4v) is 2.15. The smallest absolute Gasteiger partial charge is 0.234 e. The lowest BCUT2D eigenvalue weighted by Crippen LogP contribution is -2.51. The molecule has 20 heavy (non-hydrogen) atoms. The molecule has 1 fully saturated rings. The highest BCUT2D eigenvalue weighted by Crippen LogP contribution is 1.98. The van der Waals surface area contributed by atoms with Gasteiger partial charge in [0.2, 0.25) is 11.8 Å². The summed E-state index contributed by atoms with van der Waals surface area (Å²) in [6.45, 7) is 3.76. The minimum Gasteiger partial charge on any atom is -0.354 e. The minimum absolute atomic E-state index is 0.0159. The van der Waals surface area contributed by atoms with Gasteiger partial charge in [0.05, 0.1) is 18.8 Å². The van der Waals surface area contributed by atoms with Crippen LogP contribution in [-0.2, 0) is 16.0 Å². The molecule has 2 rings (SSSR count). The summed E-state index contributed by atoms with van der Waals surface area (Å²) in [4.78, 5) is 33.1. The van der Waals surface area contributed by atoms with Crippen molar-refractivity contribution in [1.82, 2.24) is 25.5 Å². The first kappa shape index (κ1) is 14.4. The van der Waals surface area contributed by atoms with Gasteiger partial charge < -0.3 is 10.6 Å². The number of nitrogens with one attached hydrogen (secondary N) is 2. The predicted molar refractivity (Wildman–Crippen MR) is 72.8 cm³/mol. The summed E-state index contributed by atoms with van der Waals surface area (Å²) in [6, 6.07) is -0.0159. The van der Waals surface area contributed by atoms with Gasteiger partial charge in [0, 0.05) is 44.1 Å². The third kappa shape index (κ3) is 4.58. The molecule has 1 atom stereocenters. The van der Waals surface area contributed by atoms with Crippen molar-refractivity contribution < 1.29 is 9.59 Å². The zero-order valence-corrected chi connectivity index (χ0v) is 11.5. The molecule has 1 aliphatic rings. The topological polar surface area (TPSA) is 87.2 Å². The van der Waals surface area contributed by atoms with Gasteiger partial charge >= 0.3 is 0 Å². The van der Waals surface area contributed by atoms with E-state index in [1.807, 2.05) is 11.8 Å². The number of aromatic nitrogens is 2. The first-order valence-corrected chi connectivity index (χ1v) is 6.67. The number of rotatable bonds is 5. The summed E-state index contributed by atoms with van der Waals surface area (Å²) in [5.74, 6) is -0.104. The number of carbonyl (C=O) groups is 2. The third-order valence-electron chi connectivity index (χ3n) is 3.02. The Morgan fingerprint density at radius 2 is 2.40 bits per heavy atom. The van der Waals surface area contributed by atoms with Crippen molar-refractivity contribution in [3.05, 3.63) is 24.3 Å². The number of amides is 2. The second kappa shape index (κ2) is 6.95. The maximum absolute atomic E-state index is 11.9. The minimum atomic E-state index is -0.0731. The zero-order valence-electron chi connectivity index (χ0n) is 11.5. The molecule has 0 aliphatic carbocycles. The van der Waals surface area contributed by atoms with Gasteiger partial charge in [0.25, 0.3) is 0 Å². The maximum Gasteiger partial charge on any atom is 0.234 e. The SMILES string of the molecule is C[C@H](Cc1cnccn1)NC(=O)CN1CCNC(=O)C1. The Morgan fingerprint density at radius 1 is 1.55 bits per heavy atom. The highest BCUT2D eigenvalue weighted by molar-refractivity contribution is 5.81. The maximum atomic E-state index is 11.9. The molecule has 1 aliphatic heterocycles. The molecule has 2 N–H and O–H groups in total. The van der Waals surface area contributed by atoms with Gasteiger partial charge in [-0.1, -0.05) is 0 Å². The van der Waals surface area contributed by atoms with E-state index in [9.17, 15) is 9.59 Å². The van der Waals surface area contributed by atoms with Crippen molar-refractivity contribution in [3.63, 3.8) is 0 Å². The second-order valence-corrected chi connectivity index (χ2v) is 4.93. The molecule has 2 amide bonds. The van der Waals surface area contributed by atoms with E-state index in [1.165, 1.54) is 0 Å². The van der Waals surface area contributed by atoms with Crippen LogP contribution >= 0.6 is 0 Å². The zero-order chi connectivity index (χ0) is 14.4. The Kier molecular flexibility index (Phi) is 5.00. The number of piperazine rings is 1.